The molecule has 3 aromatic carbocycles. The van der Waals surface area contributed by atoms with Crippen molar-refractivity contribution in [2.24, 2.45) is 5.92 Å². The molecule has 1 unspecified atom stereocenters. The standard InChI is InChI=1S/C26H24O3/c1-29-26(28)23-15-14-22-20(16-18-8-4-2-5-9-18)12-13-21(24(22)25(23)27)17-19-10-6-3-7-11-19/h2-13,23H,14-17H2,1H3. The first-order valence-corrected chi connectivity index (χ1v) is 10.0. The van der Waals surface area contributed by atoms with E-state index in [1.54, 1.807) is 0 Å². The summed E-state index contributed by atoms with van der Waals surface area (Å²) in [6.45, 7) is 0. The number of benzene rings is 3. The predicted octanol–water partition coefficient (Wildman–Crippen LogP) is 4.79. The van der Waals surface area contributed by atoms with Crippen LogP contribution in [0.5, 0.6) is 0 Å². The third-order valence-corrected chi connectivity index (χ3v) is 5.70. The van der Waals surface area contributed by atoms with Gasteiger partial charge in [-0.15, -0.1) is 0 Å². The Morgan fingerprint density at radius 1 is 0.862 bits per heavy atom. The van der Waals surface area contributed by atoms with Crippen LogP contribution in [0, 0.1) is 5.92 Å². The molecule has 0 spiro atoms. The minimum atomic E-state index is -0.700. The first-order valence-electron chi connectivity index (χ1n) is 10.0. The molecule has 4 rings (SSSR count). The Bertz CT molecular complexity index is 1020. The highest BCUT2D eigenvalue weighted by Crippen LogP contribution is 2.33. The largest absolute Gasteiger partial charge is 0.468 e. The normalized spacial score (nSPS) is 15.6. The van der Waals surface area contributed by atoms with Crippen LogP contribution in [-0.4, -0.2) is 18.9 Å². The molecule has 146 valence electrons. The highest BCUT2D eigenvalue weighted by molar-refractivity contribution is 6.11. The average molecular weight is 384 g/mol. The van der Waals surface area contributed by atoms with Gasteiger partial charge in [0.2, 0.25) is 0 Å². The Kier molecular flexibility index (Phi) is 5.57. The van der Waals surface area contributed by atoms with E-state index in [1.165, 1.54) is 18.2 Å². The molecular weight excluding hydrogens is 360 g/mol. The van der Waals surface area contributed by atoms with Crippen LogP contribution in [-0.2, 0) is 28.8 Å². The van der Waals surface area contributed by atoms with Crippen molar-refractivity contribution in [2.75, 3.05) is 7.11 Å². The first-order chi connectivity index (χ1) is 14.2. The number of esters is 1. The maximum atomic E-state index is 13.3. The number of hydrogen-bond donors (Lipinski definition) is 0. The fourth-order valence-electron chi connectivity index (χ4n) is 4.24. The molecule has 0 amide bonds. The third kappa shape index (κ3) is 4.00. The summed E-state index contributed by atoms with van der Waals surface area (Å²) in [7, 11) is 1.35. The van der Waals surface area contributed by atoms with Gasteiger partial charge in [-0.05, 0) is 53.5 Å². The van der Waals surface area contributed by atoms with Gasteiger partial charge in [0.15, 0.2) is 5.78 Å². The lowest BCUT2D eigenvalue weighted by atomic mass is 9.76. The Labute approximate surface area is 171 Å². The van der Waals surface area contributed by atoms with Crippen LogP contribution < -0.4 is 0 Å². The molecule has 0 heterocycles. The molecule has 0 fully saturated rings. The maximum Gasteiger partial charge on any atom is 0.316 e. The van der Waals surface area contributed by atoms with E-state index in [-0.39, 0.29) is 5.78 Å². The molecule has 0 bridgehead atoms. The second-order valence-electron chi connectivity index (χ2n) is 7.54. The molecule has 1 aliphatic rings. The van der Waals surface area contributed by atoms with E-state index in [2.05, 4.69) is 36.4 Å². The number of ether oxygens (including phenoxy) is 1. The number of fused-ring (bicyclic) bond motifs is 1. The molecule has 3 aromatic rings. The minimum Gasteiger partial charge on any atom is -0.468 e. The highest BCUT2D eigenvalue weighted by Gasteiger charge is 2.36. The second kappa shape index (κ2) is 8.44. The first kappa shape index (κ1) is 19.1. The zero-order valence-corrected chi connectivity index (χ0v) is 16.6. The van der Waals surface area contributed by atoms with Gasteiger partial charge in [-0.1, -0.05) is 72.8 Å². The quantitative estimate of drug-likeness (QED) is 0.469. The van der Waals surface area contributed by atoms with E-state index in [0.29, 0.717) is 19.3 Å². The van der Waals surface area contributed by atoms with Gasteiger partial charge in [-0.3, -0.25) is 9.59 Å². The summed E-state index contributed by atoms with van der Waals surface area (Å²) < 4.78 is 4.90. The number of carbonyl (C=O) groups excluding carboxylic acids is 2. The Morgan fingerprint density at radius 2 is 1.41 bits per heavy atom. The van der Waals surface area contributed by atoms with Crippen molar-refractivity contribution in [3.63, 3.8) is 0 Å². The number of hydrogen-bond acceptors (Lipinski definition) is 3. The second-order valence-corrected chi connectivity index (χ2v) is 7.54. The summed E-state index contributed by atoms with van der Waals surface area (Å²) >= 11 is 0. The topological polar surface area (TPSA) is 43.4 Å². The van der Waals surface area contributed by atoms with Crippen LogP contribution >= 0.6 is 0 Å². The van der Waals surface area contributed by atoms with Crippen molar-refractivity contribution in [3.8, 4) is 0 Å². The summed E-state index contributed by atoms with van der Waals surface area (Å²) in [5.41, 5.74) is 6.34. The average Bonchev–Trinajstić information content (AvgIpc) is 2.76. The number of methoxy groups -OCH3 is 1. The SMILES string of the molecule is COC(=O)C1CCc2c(Cc3ccccc3)ccc(Cc3ccccc3)c2C1=O. The lowest BCUT2D eigenvalue weighted by Crippen LogP contribution is -2.32. The lowest BCUT2D eigenvalue weighted by molar-refractivity contribution is -0.143. The van der Waals surface area contributed by atoms with Crippen LogP contribution in [0.4, 0.5) is 0 Å². The molecule has 0 saturated carbocycles. The third-order valence-electron chi connectivity index (χ3n) is 5.70. The van der Waals surface area contributed by atoms with Gasteiger partial charge in [0.05, 0.1) is 7.11 Å². The number of Topliss-reactive ketones (excluding diaryl/α,β-unsaturated/α-hetero) is 1. The summed E-state index contributed by atoms with van der Waals surface area (Å²) in [5.74, 6) is -1.23. The highest BCUT2D eigenvalue weighted by atomic mass is 16.5. The Morgan fingerprint density at radius 3 is 2.00 bits per heavy atom. The molecule has 3 heteroatoms. The Hall–Kier alpha value is -3.20. The molecule has 0 aliphatic heterocycles. The van der Waals surface area contributed by atoms with Gasteiger partial charge in [0, 0.05) is 5.56 Å². The van der Waals surface area contributed by atoms with E-state index in [0.717, 1.165) is 28.7 Å². The number of ketones is 1. The van der Waals surface area contributed by atoms with Gasteiger partial charge < -0.3 is 4.74 Å². The van der Waals surface area contributed by atoms with Gasteiger partial charge in [0.25, 0.3) is 0 Å². The van der Waals surface area contributed by atoms with Crippen molar-refractivity contribution < 1.29 is 14.3 Å². The molecule has 1 aliphatic carbocycles. The van der Waals surface area contributed by atoms with E-state index < -0.39 is 11.9 Å². The predicted molar refractivity (Wildman–Crippen MR) is 113 cm³/mol. The van der Waals surface area contributed by atoms with E-state index in [1.807, 2.05) is 36.4 Å². The molecule has 0 radical (unpaired) electrons. The summed E-state index contributed by atoms with van der Waals surface area (Å²) in [5, 5.41) is 0. The van der Waals surface area contributed by atoms with Crippen molar-refractivity contribution in [1.82, 2.24) is 0 Å². The van der Waals surface area contributed by atoms with Crippen LogP contribution in [0.1, 0.15) is 44.6 Å². The van der Waals surface area contributed by atoms with Crippen molar-refractivity contribution in [1.29, 1.82) is 0 Å². The Balaban J connectivity index is 1.77. The molecule has 1 atom stereocenters. The molecule has 0 aromatic heterocycles. The van der Waals surface area contributed by atoms with Gasteiger partial charge >= 0.3 is 5.97 Å². The fourth-order valence-corrected chi connectivity index (χ4v) is 4.24. The molecule has 3 nitrogen and oxygen atoms in total. The zero-order valence-electron chi connectivity index (χ0n) is 16.6. The smallest absolute Gasteiger partial charge is 0.316 e. The summed E-state index contributed by atoms with van der Waals surface area (Å²) in [4.78, 5) is 25.5. The number of rotatable bonds is 5. The zero-order chi connectivity index (χ0) is 20.2. The maximum absolute atomic E-state index is 13.3. The molecule has 0 N–H and O–H groups in total. The number of carbonyl (C=O) groups is 2. The molecule has 29 heavy (non-hydrogen) atoms. The van der Waals surface area contributed by atoms with Gasteiger partial charge in [0.1, 0.15) is 5.92 Å². The monoisotopic (exact) mass is 384 g/mol. The molecular formula is C26H24O3. The summed E-state index contributed by atoms with van der Waals surface area (Å²) in [6.07, 6.45) is 2.68. The summed E-state index contributed by atoms with van der Waals surface area (Å²) in [6, 6.07) is 24.6. The lowest BCUT2D eigenvalue weighted by Gasteiger charge is -2.26. The van der Waals surface area contributed by atoms with Crippen molar-refractivity contribution >= 4 is 11.8 Å². The van der Waals surface area contributed by atoms with Crippen molar-refractivity contribution in [3.05, 3.63) is 106 Å². The van der Waals surface area contributed by atoms with E-state index in [9.17, 15) is 9.59 Å². The van der Waals surface area contributed by atoms with E-state index >= 15 is 0 Å². The minimum absolute atomic E-state index is 0.0982. The van der Waals surface area contributed by atoms with Crippen LogP contribution in [0.15, 0.2) is 72.8 Å². The van der Waals surface area contributed by atoms with Crippen LogP contribution in [0.3, 0.4) is 0 Å². The van der Waals surface area contributed by atoms with Crippen molar-refractivity contribution in [2.45, 2.75) is 25.7 Å². The van der Waals surface area contributed by atoms with Crippen LogP contribution in [0.2, 0.25) is 0 Å². The van der Waals surface area contributed by atoms with Gasteiger partial charge in [-0.25, -0.2) is 0 Å². The van der Waals surface area contributed by atoms with E-state index in [4.69, 9.17) is 4.74 Å². The fraction of sp³-hybridized carbons (Fsp3) is 0.231. The molecule has 0 saturated heterocycles. The van der Waals surface area contributed by atoms with Gasteiger partial charge in [-0.2, -0.15) is 0 Å². The van der Waals surface area contributed by atoms with Crippen LogP contribution in [0.25, 0.3) is 0 Å².